The second-order valence-electron chi connectivity index (χ2n) is 5.92. The maximum absolute atomic E-state index is 12.3. The number of aromatic nitrogens is 5. The maximum Gasteiger partial charge on any atom is 0.243 e. The van der Waals surface area contributed by atoms with E-state index in [-0.39, 0.29) is 11.7 Å². The lowest BCUT2D eigenvalue weighted by molar-refractivity contribution is -0.132. The van der Waals surface area contributed by atoms with E-state index in [9.17, 15) is 9.59 Å². The summed E-state index contributed by atoms with van der Waals surface area (Å²) in [6, 6.07) is 9.84. The van der Waals surface area contributed by atoms with Gasteiger partial charge in [0.05, 0.1) is 6.54 Å². The van der Waals surface area contributed by atoms with Crippen molar-refractivity contribution in [3.63, 3.8) is 0 Å². The topological polar surface area (TPSA) is 93.9 Å². The van der Waals surface area contributed by atoms with Crippen LogP contribution < -0.4 is 0 Å². The molecule has 0 radical (unpaired) electrons. The molecular weight excluding hydrogens is 352 g/mol. The van der Waals surface area contributed by atoms with Crippen molar-refractivity contribution in [1.82, 2.24) is 29.9 Å². The zero-order chi connectivity index (χ0) is 18.7. The van der Waals surface area contributed by atoms with Crippen molar-refractivity contribution in [2.45, 2.75) is 23.7 Å². The number of nitrogens with zero attached hydrogens (tertiary/aromatic N) is 6. The molecule has 0 aliphatic rings. The van der Waals surface area contributed by atoms with Crippen LogP contribution in [0.2, 0.25) is 0 Å². The molecule has 0 aliphatic heterocycles. The number of hydrogen-bond acceptors (Lipinski definition) is 7. The molecule has 0 unspecified atom stereocenters. The number of hydrogen-bond donors (Lipinski definition) is 0. The van der Waals surface area contributed by atoms with Crippen LogP contribution in [-0.4, -0.2) is 60.9 Å². The molecule has 134 valence electrons. The number of benzene rings is 1. The van der Waals surface area contributed by atoms with E-state index >= 15 is 0 Å². The summed E-state index contributed by atoms with van der Waals surface area (Å²) in [5.41, 5.74) is 2.11. The number of fused-ring (bicyclic) bond motifs is 1. The molecule has 3 aromatic rings. The highest BCUT2D eigenvalue weighted by molar-refractivity contribution is 8.01. The van der Waals surface area contributed by atoms with Crippen molar-refractivity contribution < 1.29 is 9.59 Å². The molecule has 1 atom stereocenters. The summed E-state index contributed by atoms with van der Waals surface area (Å²) in [6.45, 7) is 1.91. The van der Waals surface area contributed by atoms with E-state index in [1.807, 2.05) is 30.3 Å². The van der Waals surface area contributed by atoms with Gasteiger partial charge in [0.1, 0.15) is 16.6 Å². The third kappa shape index (κ3) is 3.72. The molecule has 0 fully saturated rings. The Morgan fingerprint density at radius 1 is 1.19 bits per heavy atom. The highest BCUT2D eigenvalue weighted by Crippen LogP contribution is 2.28. The summed E-state index contributed by atoms with van der Waals surface area (Å²) in [6.07, 6.45) is 1.40. The van der Waals surface area contributed by atoms with Crippen molar-refractivity contribution in [3.05, 3.63) is 42.2 Å². The minimum Gasteiger partial charge on any atom is -0.347 e. The molecule has 8 nitrogen and oxygen atoms in total. The monoisotopic (exact) mass is 370 g/mol. The van der Waals surface area contributed by atoms with Gasteiger partial charge in [0.25, 0.3) is 0 Å². The first-order valence-corrected chi connectivity index (χ1v) is 8.81. The summed E-state index contributed by atoms with van der Waals surface area (Å²) < 4.78 is 1.67. The van der Waals surface area contributed by atoms with E-state index in [1.54, 1.807) is 18.8 Å². The van der Waals surface area contributed by atoms with E-state index < -0.39 is 5.25 Å². The number of carbonyl (C=O) groups is 2. The minimum atomic E-state index is -0.873. The number of ketones is 1. The van der Waals surface area contributed by atoms with E-state index in [2.05, 4.69) is 20.3 Å². The van der Waals surface area contributed by atoms with Crippen molar-refractivity contribution in [1.29, 1.82) is 0 Å². The maximum atomic E-state index is 12.3. The quantitative estimate of drug-likeness (QED) is 0.368. The van der Waals surface area contributed by atoms with Crippen LogP contribution >= 0.6 is 11.8 Å². The van der Waals surface area contributed by atoms with Gasteiger partial charge in [-0.2, -0.15) is 0 Å². The van der Waals surface area contributed by atoms with Crippen LogP contribution in [0.25, 0.3) is 11.2 Å². The third-order valence-corrected chi connectivity index (χ3v) is 5.00. The summed E-state index contributed by atoms with van der Waals surface area (Å²) >= 11 is 1.07. The molecule has 0 N–H and O–H groups in total. The number of Topliss-reactive ketones (excluding diaryl/α,β-unsaturated/α-hetero) is 1. The largest absolute Gasteiger partial charge is 0.347 e. The summed E-state index contributed by atoms with van der Waals surface area (Å²) in [7, 11) is 3.23. The van der Waals surface area contributed by atoms with Gasteiger partial charge in [-0.05, 0) is 12.5 Å². The van der Waals surface area contributed by atoms with Crippen molar-refractivity contribution in [2.75, 3.05) is 14.1 Å². The van der Waals surface area contributed by atoms with Crippen LogP contribution in [0.1, 0.15) is 12.5 Å². The SMILES string of the molecule is CC(=O)[C@H](Sc1ncnc2c1nnn2Cc1ccccc1)C(=O)N(C)C. The zero-order valence-corrected chi connectivity index (χ0v) is 15.5. The fraction of sp³-hybridized carbons (Fsp3) is 0.294. The fourth-order valence-electron chi connectivity index (χ4n) is 2.37. The normalized spacial score (nSPS) is 12.1. The second-order valence-corrected chi connectivity index (χ2v) is 7.02. The molecule has 0 bridgehead atoms. The molecule has 26 heavy (non-hydrogen) atoms. The van der Waals surface area contributed by atoms with Gasteiger partial charge in [-0.3, -0.25) is 9.59 Å². The fourth-order valence-corrected chi connectivity index (χ4v) is 3.43. The Balaban J connectivity index is 1.93. The lowest BCUT2D eigenvalue weighted by atomic mass is 10.2. The van der Waals surface area contributed by atoms with Crippen molar-refractivity contribution in [3.8, 4) is 0 Å². The molecule has 2 aromatic heterocycles. The highest BCUT2D eigenvalue weighted by Gasteiger charge is 2.28. The van der Waals surface area contributed by atoms with Crippen molar-refractivity contribution in [2.24, 2.45) is 0 Å². The molecule has 0 saturated heterocycles. The van der Waals surface area contributed by atoms with Crippen LogP contribution in [0.15, 0.2) is 41.7 Å². The van der Waals surface area contributed by atoms with Gasteiger partial charge in [0.2, 0.25) is 5.91 Å². The average Bonchev–Trinajstić information content (AvgIpc) is 3.03. The summed E-state index contributed by atoms with van der Waals surface area (Å²) in [4.78, 5) is 34.1. The van der Waals surface area contributed by atoms with Crippen LogP contribution in [0.3, 0.4) is 0 Å². The van der Waals surface area contributed by atoms with E-state index in [0.717, 1.165) is 17.3 Å². The second kappa shape index (κ2) is 7.61. The van der Waals surface area contributed by atoms with E-state index in [4.69, 9.17) is 0 Å². The van der Waals surface area contributed by atoms with Crippen LogP contribution in [0.5, 0.6) is 0 Å². The first-order valence-electron chi connectivity index (χ1n) is 7.93. The minimum absolute atomic E-state index is 0.239. The molecule has 2 heterocycles. The lowest BCUT2D eigenvalue weighted by Crippen LogP contribution is -2.36. The van der Waals surface area contributed by atoms with Gasteiger partial charge < -0.3 is 4.90 Å². The molecule has 0 saturated carbocycles. The van der Waals surface area contributed by atoms with E-state index in [1.165, 1.54) is 18.2 Å². The zero-order valence-electron chi connectivity index (χ0n) is 14.7. The standard InChI is InChI=1S/C17H18N6O2S/c1-11(24)14(17(25)22(2)3)26-16-13-15(18-10-19-16)23(21-20-13)9-12-7-5-4-6-8-12/h4-8,10,14H,9H2,1-3H3/t14-/m0/s1. The Labute approximate surface area is 154 Å². The molecule has 1 amide bonds. The smallest absolute Gasteiger partial charge is 0.243 e. The van der Waals surface area contributed by atoms with Gasteiger partial charge in [-0.15, -0.1) is 5.10 Å². The van der Waals surface area contributed by atoms with Crippen LogP contribution in [0, 0.1) is 0 Å². The Morgan fingerprint density at radius 2 is 1.92 bits per heavy atom. The predicted octanol–water partition coefficient (Wildman–Crippen LogP) is 1.41. The van der Waals surface area contributed by atoms with Crippen LogP contribution in [0.4, 0.5) is 0 Å². The molecule has 0 spiro atoms. The Morgan fingerprint density at radius 3 is 2.58 bits per heavy atom. The summed E-state index contributed by atoms with van der Waals surface area (Å²) in [5.74, 6) is -0.525. The summed E-state index contributed by atoms with van der Waals surface area (Å²) in [5, 5.41) is 7.91. The van der Waals surface area contributed by atoms with E-state index in [0.29, 0.717) is 22.7 Å². The molecule has 3 rings (SSSR count). The molecule has 9 heteroatoms. The Hall–Kier alpha value is -2.81. The predicted molar refractivity (Wildman–Crippen MR) is 97.7 cm³/mol. The first-order chi connectivity index (χ1) is 12.5. The third-order valence-electron chi connectivity index (χ3n) is 3.71. The molecule has 1 aromatic carbocycles. The molecular formula is C17H18N6O2S. The number of carbonyl (C=O) groups excluding carboxylic acids is 2. The van der Waals surface area contributed by atoms with Crippen molar-refractivity contribution >= 4 is 34.6 Å². The number of thioether (sulfide) groups is 1. The number of rotatable bonds is 6. The van der Waals surface area contributed by atoms with Gasteiger partial charge in [0, 0.05) is 14.1 Å². The average molecular weight is 370 g/mol. The Kier molecular flexibility index (Phi) is 5.27. The van der Waals surface area contributed by atoms with Crippen LogP contribution in [-0.2, 0) is 16.1 Å². The highest BCUT2D eigenvalue weighted by atomic mass is 32.2. The Bertz CT molecular complexity index is 941. The van der Waals surface area contributed by atoms with Gasteiger partial charge in [-0.25, -0.2) is 14.6 Å². The lowest BCUT2D eigenvalue weighted by Gasteiger charge is -2.17. The van der Waals surface area contributed by atoms with Gasteiger partial charge in [-0.1, -0.05) is 47.3 Å². The van der Waals surface area contributed by atoms with Gasteiger partial charge >= 0.3 is 0 Å². The number of amides is 1. The first kappa shape index (κ1) is 18.0. The molecule has 0 aliphatic carbocycles. The van der Waals surface area contributed by atoms with Gasteiger partial charge in [0.15, 0.2) is 16.9 Å².